The first kappa shape index (κ1) is 9.89. The Labute approximate surface area is 87.2 Å². The van der Waals surface area contributed by atoms with E-state index in [1.165, 1.54) is 17.1 Å². The fourth-order valence-electron chi connectivity index (χ4n) is 1.69. The molecule has 1 aromatic carbocycles. The largest absolute Gasteiger partial charge is 0.368 e. The molecule has 0 amide bonds. The molecule has 0 atom stereocenters. The zero-order valence-corrected chi connectivity index (χ0v) is 8.27. The molecular formula is C10H12FN3O. The maximum absolute atomic E-state index is 12.7. The molecule has 1 aliphatic heterocycles. The second-order valence-corrected chi connectivity index (χ2v) is 3.50. The van der Waals surface area contributed by atoms with Crippen molar-refractivity contribution in [1.82, 2.24) is 5.01 Å². The highest BCUT2D eigenvalue weighted by Crippen LogP contribution is 2.16. The van der Waals surface area contributed by atoms with Gasteiger partial charge in [0.05, 0.1) is 18.4 Å². The quantitative estimate of drug-likeness (QED) is 0.694. The van der Waals surface area contributed by atoms with E-state index in [-0.39, 0.29) is 5.82 Å². The molecule has 15 heavy (non-hydrogen) atoms. The van der Waals surface area contributed by atoms with Gasteiger partial charge in [0.15, 0.2) is 0 Å². The van der Waals surface area contributed by atoms with Crippen molar-refractivity contribution in [2.24, 2.45) is 5.29 Å². The second kappa shape index (κ2) is 4.25. The smallest absolute Gasteiger partial charge is 0.123 e. The summed E-state index contributed by atoms with van der Waals surface area (Å²) >= 11 is 0. The van der Waals surface area contributed by atoms with Gasteiger partial charge < -0.3 is 4.90 Å². The molecule has 0 saturated carbocycles. The Balaban J connectivity index is 2.01. The van der Waals surface area contributed by atoms with E-state index < -0.39 is 0 Å². The van der Waals surface area contributed by atoms with Gasteiger partial charge in [-0.25, -0.2) is 4.39 Å². The van der Waals surface area contributed by atoms with Crippen molar-refractivity contribution < 1.29 is 4.39 Å². The van der Waals surface area contributed by atoms with Crippen LogP contribution < -0.4 is 4.90 Å². The molecule has 1 aliphatic rings. The first-order valence-electron chi connectivity index (χ1n) is 4.88. The molecule has 0 aromatic heterocycles. The highest BCUT2D eigenvalue weighted by atomic mass is 19.1. The number of nitrogens with zero attached hydrogens (tertiary/aromatic N) is 3. The van der Waals surface area contributed by atoms with E-state index in [9.17, 15) is 9.30 Å². The van der Waals surface area contributed by atoms with Crippen molar-refractivity contribution in [3.63, 3.8) is 0 Å². The predicted molar refractivity (Wildman–Crippen MR) is 56.0 cm³/mol. The summed E-state index contributed by atoms with van der Waals surface area (Å²) in [7, 11) is 0. The van der Waals surface area contributed by atoms with E-state index >= 15 is 0 Å². The van der Waals surface area contributed by atoms with Gasteiger partial charge in [-0.1, -0.05) is 0 Å². The Morgan fingerprint density at radius 3 is 2.20 bits per heavy atom. The fraction of sp³-hybridized carbons (Fsp3) is 0.400. The normalized spacial score (nSPS) is 16.6. The first-order chi connectivity index (χ1) is 7.29. The van der Waals surface area contributed by atoms with E-state index in [4.69, 9.17) is 0 Å². The number of hydrogen-bond donors (Lipinski definition) is 0. The topological polar surface area (TPSA) is 35.9 Å². The third-order valence-electron chi connectivity index (χ3n) is 2.56. The van der Waals surface area contributed by atoms with Gasteiger partial charge in [0.1, 0.15) is 5.82 Å². The highest BCUT2D eigenvalue weighted by molar-refractivity contribution is 5.46. The molecule has 1 fully saturated rings. The zero-order valence-electron chi connectivity index (χ0n) is 8.27. The number of piperazine rings is 1. The minimum atomic E-state index is -0.230. The molecule has 80 valence electrons. The van der Waals surface area contributed by atoms with Crippen LogP contribution in [0, 0.1) is 10.7 Å². The van der Waals surface area contributed by atoms with Gasteiger partial charge in [0.25, 0.3) is 0 Å². The summed E-state index contributed by atoms with van der Waals surface area (Å²) in [5, 5.41) is 4.39. The summed E-state index contributed by atoms with van der Waals surface area (Å²) < 4.78 is 12.7. The van der Waals surface area contributed by atoms with Crippen molar-refractivity contribution in [2.45, 2.75) is 0 Å². The third-order valence-corrected chi connectivity index (χ3v) is 2.56. The molecule has 2 rings (SSSR count). The monoisotopic (exact) mass is 209 g/mol. The molecule has 1 saturated heterocycles. The number of hydrogen-bond acceptors (Lipinski definition) is 3. The van der Waals surface area contributed by atoms with Crippen LogP contribution in [0.25, 0.3) is 0 Å². The minimum Gasteiger partial charge on any atom is -0.368 e. The minimum absolute atomic E-state index is 0.230. The number of rotatable bonds is 2. The maximum atomic E-state index is 12.7. The molecule has 0 N–H and O–H groups in total. The lowest BCUT2D eigenvalue weighted by molar-refractivity contribution is 0.267. The Kier molecular flexibility index (Phi) is 2.80. The summed E-state index contributed by atoms with van der Waals surface area (Å²) in [5.74, 6) is -0.230. The van der Waals surface area contributed by atoms with E-state index in [0.29, 0.717) is 13.1 Å². The summed E-state index contributed by atoms with van der Waals surface area (Å²) in [6, 6.07) is 6.39. The van der Waals surface area contributed by atoms with E-state index in [1.54, 1.807) is 12.1 Å². The average molecular weight is 209 g/mol. The number of anilines is 1. The van der Waals surface area contributed by atoms with Gasteiger partial charge in [-0.2, -0.15) is 0 Å². The first-order valence-corrected chi connectivity index (χ1v) is 4.88. The van der Waals surface area contributed by atoms with Crippen LogP contribution in [0.1, 0.15) is 0 Å². The van der Waals surface area contributed by atoms with Gasteiger partial charge in [0.2, 0.25) is 0 Å². The predicted octanol–water partition coefficient (Wildman–Crippen LogP) is 1.63. The zero-order chi connectivity index (χ0) is 10.7. The van der Waals surface area contributed by atoms with Crippen LogP contribution in [0.2, 0.25) is 0 Å². The standard InChI is InChI=1S/C10H12FN3O/c11-9-1-3-10(4-2-9)13-5-7-14(12-15)8-6-13/h1-4H,5-8H2. The van der Waals surface area contributed by atoms with Gasteiger partial charge in [-0.05, 0) is 24.3 Å². The summed E-state index contributed by atoms with van der Waals surface area (Å²) in [6.07, 6.45) is 0. The van der Waals surface area contributed by atoms with Crippen molar-refractivity contribution in [1.29, 1.82) is 0 Å². The Morgan fingerprint density at radius 1 is 1.07 bits per heavy atom. The maximum Gasteiger partial charge on any atom is 0.123 e. The molecule has 0 aliphatic carbocycles. The Morgan fingerprint density at radius 2 is 1.67 bits per heavy atom. The Bertz CT molecular complexity index is 333. The summed E-state index contributed by atoms with van der Waals surface area (Å²) in [4.78, 5) is 12.4. The van der Waals surface area contributed by atoms with Crippen LogP contribution in [-0.4, -0.2) is 31.2 Å². The lowest BCUT2D eigenvalue weighted by Gasteiger charge is -2.32. The third kappa shape index (κ3) is 2.23. The van der Waals surface area contributed by atoms with Crippen LogP contribution in [0.3, 0.4) is 0 Å². The summed E-state index contributed by atoms with van der Waals surface area (Å²) in [6.45, 7) is 2.75. The van der Waals surface area contributed by atoms with Gasteiger partial charge in [-0.3, -0.25) is 5.01 Å². The molecule has 0 radical (unpaired) electrons. The van der Waals surface area contributed by atoms with Gasteiger partial charge >= 0.3 is 0 Å². The van der Waals surface area contributed by atoms with Crippen LogP contribution in [-0.2, 0) is 0 Å². The molecule has 4 nitrogen and oxygen atoms in total. The van der Waals surface area contributed by atoms with E-state index in [1.807, 2.05) is 0 Å². The Hall–Kier alpha value is -1.65. The molecular weight excluding hydrogens is 197 g/mol. The fourth-order valence-corrected chi connectivity index (χ4v) is 1.69. The number of nitroso groups, excluding NO2 is 1. The lowest BCUT2D eigenvalue weighted by Crippen LogP contribution is -2.43. The number of benzene rings is 1. The van der Waals surface area contributed by atoms with Crippen LogP contribution >= 0.6 is 0 Å². The molecule has 0 unspecified atom stereocenters. The van der Waals surface area contributed by atoms with Gasteiger partial charge in [-0.15, -0.1) is 4.91 Å². The van der Waals surface area contributed by atoms with E-state index in [2.05, 4.69) is 10.2 Å². The number of halogens is 1. The molecule has 0 spiro atoms. The van der Waals surface area contributed by atoms with Crippen molar-refractivity contribution >= 4 is 5.69 Å². The van der Waals surface area contributed by atoms with Crippen LogP contribution in [0.4, 0.5) is 10.1 Å². The average Bonchev–Trinajstić information content (AvgIpc) is 2.30. The second-order valence-electron chi connectivity index (χ2n) is 3.50. The molecule has 1 heterocycles. The molecule has 5 heteroatoms. The van der Waals surface area contributed by atoms with E-state index in [0.717, 1.165) is 18.8 Å². The van der Waals surface area contributed by atoms with Crippen molar-refractivity contribution in [2.75, 3.05) is 31.1 Å². The lowest BCUT2D eigenvalue weighted by atomic mass is 10.2. The van der Waals surface area contributed by atoms with Crippen LogP contribution in [0.15, 0.2) is 29.6 Å². The molecule has 1 aromatic rings. The van der Waals surface area contributed by atoms with Gasteiger partial charge in [0, 0.05) is 18.8 Å². The van der Waals surface area contributed by atoms with Crippen LogP contribution in [0.5, 0.6) is 0 Å². The highest BCUT2D eigenvalue weighted by Gasteiger charge is 2.16. The van der Waals surface area contributed by atoms with Crippen molar-refractivity contribution in [3.8, 4) is 0 Å². The SMILES string of the molecule is O=NN1CCN(c2ccc(F)cc2)CC1. The van der Waals surface area contributed by atoms with Crippen molar-refractivity contribution in [3.05, 3.63) is 35.0 Å². The molecule has 0 bridgehead atoms. The summed E-state index contributed by atoms with van der Waals surface area (Å²) in [5.41, 5.74) is 0.988.